The summed E-state index contributed by atoms with van der Waals surface area (Å²) in [5.74, 6) is -0.285. The molecule has 0 aliphatic carbocycles. The van der Waals surface area contributed by atoms with Gasteiger partial charge in [-0.2, -0.15) is 5.26 Å². The average molecular weight is 172 g/mol. The minimum absolute atomic E-state index is 0.248. The Labute approximate surface area is 77.8 Å². The molecule has 2 nitrogen and oxygen atoms in total. The molecule has 0 bridgehead atoms. The minimum atomic E-state index is -0.285. The van der Waals surface area contributed by atoms with E-state index < -0.39 is 0 Å². The van der Waals surface area contributed by atoms with Gasteiger partial charge in [0.1, 0.15) is 0 Å². The van der Waals surface area contributed by atoms with Crippen LogP contribution < -0.4 is 0 Å². The first-order valence-electron chi connectivity index (χ1n) is 4.15. The fourth-order valence-corrected chi connectivity index (χ4v) is 1.16. The normalized spacial score (nSPS) is 11.6. The second-order valence-electron chi connectivity index (χ2n) is 2.87. The Hall–Kier alpha value is -1.62. The fraction of sp³-hybridized carbons (Fsp3) is 0.273. The summed E-state index contributed by atoms with van der Waals surface area (Å²) in [5, 5.41) is 8.42. The zero-order valence-corrected chi connectivity index (χ0v) is 7.23. The first-order valence-corrected chi connectivity index (χ1v) is 4.15. The number of nitriles is 1. The maximum Gasteiger partial charge on any atom is 0.203 e. The number of benzene rings is 1. The summed E-state index contributed by atoms with van der Waals surface area (Å²) in [5.41, 5.74) is 1.08. The second kappa shape index (κ2) is 5.10. The van der Waals surface area contributed by atoms with E-state index in [1.807, 2.05) is 42.7 Å². The molecule has 0 N–H and O–H groups in total. The third-order valence-electron chi connectivity index (χ3n) is 1.83. The van der Waals surface area contributed by atoms with E-state index in [0.29, 0.717) is 6.42 Å². The molecular formula is C11H10NO. The molecule has 65 valence electrons. The third kappa shape index (κ3) is 3.08. The largest absolute Gasteiger partial charge is 0.291 e. The van der Waals surface area contributed by atoms with Gasteiger partial charge in [-0.1, -0.05) is 30.3 Å². The van der Waals surface area contributed by atoms with Crippen LogP contribution in [0.2, 0.25) is 0 Å². The number of nitrogens with zero attached hydrogens (tertiary/aromatic N) is 1. The Kier molecular flexibility index (Phi) is 3.72. The smallest absolute Gasteiger partial charge is 0.203 e. The molecule has 0 aromatic heterocycles. The van der Waals surface area contributed by atoms with E-state index in [0.717, 1.165) is 5.56 Å². The zero-order valence-electron chi connectivity index (χ0n) is 7.23. The lowest BCUT2D eigenvalue weighted by Gasteiger charge is -2.03. The molecule has 1 unspecified atom stereocenters. The lowest BCUT2D eigenvalue weighted by atomic mass is 9.98. The van der Waals surface area contributed by atoms with E-state index in [1.165, 1.54) is 0 Å². The first kappa shape index (κ1) is 9.47. The van der Waals surface area contributed by atoms with Crippen LogP contribution in [0, 0.1) is 17.2 Å². The van der Waals surface area contributed by atoms with Crippen LogP contribution in [0.1, 0.15) is 12.0 Å². The maximum absolute atomic E-state index is 10.4. The van der Waals surface area contributed by atoms with E-state index in [-0.39, 0.29) is 12.3 Å². The highest BCUT2D eigenvalue weighted by Gasteiger charge is 2.08. The molecule has 0 aliphatic rings. The molecule has 0 aliphatic heterocycles. The fourth-order valence-electron chi connectivity index (χ4n) is 1.16. The predicted molar refractivity (Wildman–Crippen MR) is 49.6 cm³/mol. The van der Waals surface area contributed by atoms with Gasteiger partial charge in [0.15, 0.2) is 0 Å². The predicted octanol–water partition coefficient (Wildman–Crippen LogP) is 1.87. The summed E-state index contributed by atoms with van der Waals surface area (Å²) in [6.07, 6.45) is 2.74. The van der Waals surface area contributed by atoms with E-state index in [1.54, 1.807) is 0 Å². The van der Waals surface area contributed by atoms with Gasteiger partial charge in [0.05, 0.1) is 6.07 Å². The van der Waals surface area contributed by atoms with E-state index in [4.69, 9.17) is 5.26 Å². The summed E-state index contributed by atoms with van der Waals surface area (Å²) < 4.78 is 0. The van der Waals surface area contributed by atoms with Crippen molar-refractivity contribution in [3.05, 3.63) is 35.9 Å². The van der Waals surface area contributed by atoms with Crippen LogP contribution in [0.5, 0.6) is 0 Å². The van der Waals surface area contributed by atoms with Gasteiger partial charge in [-0.3, -0.25) is 4.79 Å². The highest BCUT2D eigenvalue weighted by molar-refractivity contribution is 5.55. The van der Waals surface area contributed by atoms with Crippen LogP contribution in [0.25, 0.3) is 0 Å². The number of carbonyl (C=O) groups excluding carboxylic acids is 1. The van der Waals surface area contributed by atoms with Crippen LogP contribution >= 0.6 is 0 Å². The quantitative estimate of drug-likeness (QED) is 0.695. The zero-order chi connectivity index (χ0) is 9.52. The molecule has 2 heteroatoms. The molecule has 1 radical (unpaired) electrons. The Bertz CT molecular complexity index is 300. The van der Waals surface area contributed by atoms with Gasteiger partial charge in [-0.15, -0.1) is 0 Å². The van der Waals surface area contributed by atoms with Gasteiger partial charge in [0.25, 0.3) is 0 Å². The summed E-state index contributed by atoms with van der Waals surface area (Å²) in [7, 11) is 0. The van der Waals surface area contributed by atoms with Crippen molar-refractivity contribution in [1.82, 2.24) is 0 Å². The van der Waals surface area contributed by atoms with E-state index in [2.05, 4.69) is 0 Å². The van der Waals surface area contributed by atoms with Crippen molar-refractivity contribution >= 4 is 6.29 Å². The Morgan fingerprint density at radius 1 is 1.31 bits per heavy atom. The van der Waals surface area contributed by atoms with Crippen LogP contribution in [-0.4, -0.2) is 6.29 Å². The second-order valence-corrected chi connectivity index (χ2v) is 2.87. The van der Waals surface area contributed by atoms with Gasteiger partial charge < -0.3 is 0 Å². The number of rotatable bonds is 4. The van der Waals surface area contributed by atoms with E-state index in [9.17, 15) is 4.79 Å². The molecule has 0 spiro atoms. The Morgan fingerprint density at radius 3 is 2.54 bits per heavy atom. The van der Waals surface area contributed by atoms with Crippen molar-refractivity contribution in [1.29, 1.82) is 5.26 Å². The van der Waals surface area contributed by atoms with E-state index >= 15 is 0 Å². The highest BCUT2D eigenvalue weighted by atomic mass is 16.1. The molecule has 1 rings (SSSR count). The summed E-state index contributed by atoms with van der Waals surface area (Å²) >= 11 is 0. The van der Waals surface area contributed by atoms with Gasteiger partial charge in [-0.05, 0) is 12.0 Å². The van der Waals surface area contributed by atoms with Crippen LogP contribution in [0.4, 0.5) is 0 Å². The van der Waals surface area contributed by atoms with Crippen LogP contribution in [0.3, 0.4) is 0 Å². The molecule has 1 atom stereocenters. The molecular weight excluding hydrogens is 162 g/mol. The first-order chi connectivity index (χ1) is 6.36. The monoisotopic (exact) mass is 172 g/mol. The van der Waals surface area contributed by atoms with Gasteiger partial charge in [0, 0.05) is 12.3 Å². The molecule has 0 heterocycles. The van der Waals surface area contributed by atoms with Crippen LogP contribution in [0.15, 0.2) is 30.3 Å². The molecule has 0 fully saturated rings. The summed E-state index contributed by atoms with van der Waals surface area (Å²) in [6, 6.07) is 11.6. The molecule has 0 saturated heterocycles. The number of hydrogen-bond acceptors (Lipinski definition) is 2. The lowest BCUT2D eigenvalue weighted by Crippen LogP contribution is -2.04. The van der Waals surface area contributed by atoms with Crippen molar-refractivity contribution < 1.29 is 4.79 Å². The molecule has 0 amide bonds. The van der Waals surface area contributed by atoms with Gasteiger partial charge >= 0.3 is 0 Å². The third-order valence-corrected chi connectivity index (χ3v) is 1.83. The average Bonchev–Trinajstić information content (AvgIpc) is 2.19. The van der Waals surface area contributed by atoms with Crippen molar-refractivity contribution in [2.24, 2.45) is 5.92 Å². The minimum Gasteiger partial charge on any atom is -0.291 e. The van der Waals surface area contributed by atoms with Crippen molar-refractivity contribution in [3.63, 3.8) is 0 Å². The SMILES string of the molecule is N#CCC([C]=O)Cc1ccccc1. The molecule has 1 aromatic rings. The maximum atomic E-state index is 10.4. The summed E-state index contributed by atoms with van der Waals surface area (Å²) in [4.78, 5) is 10.4. The highest BCUT2D eigenvalue weighted by Crippen LogP contribution is 2.09. The van der Waals surface area contributed by atoms with Crippen LogP contribution in [-0.2, 0) is 11.2 Å². The van der Waals surface area contributed by atoms with Crippen molar-refractivity contribution in [2.45, 2.75) is 12.8 Å². The van der Waals surface area contributed by atoms with Gasteiger partial charge in [0.2, 0.25) is 6.29 Å². The Morgan fingerprint density at radius 2 is 2.00 bits per heavy atom. The lowest BCUT2D eigenvalue weighted by molar-refractivity contribution is 0.520. The summed E-state index contributed by atoms with van der Waals surface area (Å²) in [6.45, 7) is 0. The van der Waals surface area contributed by atoms with Crippen molar-refractivity contribution in [3.8, 4) is 6.07 Å². The molecule has 1 aromatic carbocycles. The molecule has 13 heavy (non-hydrogen) atoms. The topological polar surface area (TPSA) is 40.9 Å². The molecule has 0 saturated carbocycles. The standard InChI is InChI=1S/C11H10NO/c12-7-6-11(9-13)8-10-4-2-1-3-5-10/h1-5,11H,6,8H2. The number of hydrogen-bond donors (Lipinski definition) is 0. The Balaban J connectivity index is 2.57. The van der Waals surface area contributed by atoms with Gasteiger partial charge in [-0.25, -0.2) is 0 Å². The van der Waals surface area contributed by atoms with Crippen molar-refractivity contribution in [2.75, 3.05) is 0 Å².